The van der Waals surface area contributed by atoms with E-state index in [1.54, 1.807) is 31.2 Å². The Balaban J connectivity index is 1.87. The van der Waals surface area contributed by atoms with E-state index in [-0.39, 0.29) is 0 Å². The summed E-state index contributed by atoms with van der Waals surface area (Å²) in [4.78, 5) is 16.0. The molecule has 3 aromatic rings. The normalized spacial score (nSPS) is 11.9. The zero-order valence-corrected chi connectivity index (χ0v) is 17.1. The largest absolute Gasteiger partial charge is 0.457 e. The van der Waals surface area contributed by atoms with Crippen LogP contribution < -0.4 is 15.8 Å². The highest BCUT2D eigenvalue weighted by atomic mass is 16.5. The summed E-state index contributed by atoms with van der Waals surface area (Å²) in [5, 5.41) is 12.0. The van der Waals surface area contributed by atoms with Crippen LogP contribution in [0.2, 0.25) is 0 Å². The molecule has 0 radical (unpaired) electrons. The lowest BCUT2D eigenvalue weighted by Gasteiger charge is -2.13. The van der Waals surface area contributed by atoms with Gasteiger partial charge in [-0.05, 0) is 50.2 Å². The van der Waals surface area contributed by atoms with Gasteiger partial charge < -0.3 is 19.8 Å². The minimum atomic E-state index is -0.458. The number of fused-ring (bicyclic) bond motifs is 1. The van der Waals surface area contributed by atoms with E-state index in [0.717, 1.165) is 16.9 Å². The number of imidazole rings is 1. The topological polar surface area (TPSA) is 115 Å². The van der Waals surface area contributed by atoms with Gasteiger partial charge in [-0.15, -0.1) is 0 Å². The van der Waals surface area contributed by atoms with Crippen LogP contribution in [0.4, 0.5) is 0 Å². The standard InChI is InChI=1S/C22H25N5O3/c1-3-29-11-10-27-20-12-18(30-17-6-4-16(13-23)5-7-17)8-9-19(20)26-21(27)14-25-15(2)22(24)28/h4-9,12,15,25H,3,10-11,14H2,1-2H3,(H2,24,28)/t15-/m0/s1. The first-order valence-corrected chi connectivity index (χ1v) is 9.79. The molecular formula is C22H25N5O3. The van der Waals surface area contributed by atoms with E-state index in [4.69, 9.17) is 25.5 Å². The average molecular weight is 407 g/mol. The number of hydrogen-bond donors (Lipinski definition) is 2. The number of carbonyl (C=O) groups is 1. The first kappa shape index (κ1) is 21.3. The van der Waals surface area contributed by atoms with Crippen LogP contribution in [0.3, 0.4) is 0 Å². The fraction of sp³-hybridized carbons (Fsp3) is 0.318. The summed E-state index contributed by atoms with van der Waals surface area (Å²) in [6, 6.07) is 14.2. The van der Waals surface area contributed by atoms with Gasteiger partial charge in [0.1, 0.15) is 17.3 Å². The van der Waals surface area contributed by atoms with E-state index in [0.29, 0.717) is 43.4 Å². The summed E-state index contributed by atoms with van der Waals surface area (Å²) < 4.78 is 13.5. The summed E-state index contributed by atoms with van der Waals surface area (Å²) in [6.07, 6.45) is 0. The van der Waals surface area contributed by atoms with Gasteiger partial charge in [-0.25, -0.2) is 4.98 Å². The third kappa shape index (κ3) is 5.14. The highest BCUT2D eigenvalue weighted by Gasteiger charge is 2.14. The summed E-state index contributed by atoms with van der Waals surface area (Å²) in [5.74, 6) is 1.68. The number of nitrogens with zero attached hydrogens (tertiary/aromatic N) is 3. The summed E-state index contributed by atoms with van der Waals surface area (Å²) in [6.45, 7) is 5.86. The van der Waals surface area contributed by atoms with Gasteiger partial charge in [0.2, 0.25) is 5.91 Å². The summed E-state index contributed by atoms with van der Waals surface area (Å²) in [7, 11) is 0. The molecule has 0 aliphatic carbocycles. The van der Waals surface area contributed by atoms with E-state index in [9.17, 15) is 4.79 Å². The number of benzene rings is 2. The fourth-order valence-corrected chi connectivity index (χ4v) is 2.98. The van der Waals surface area contributed by atoms with Gasteiger partial charge in [0.25, 0.3) is 0 Å². The molecular weight excluding hydrogens is 382 g/mol. The van der Waals surface area contributed by atoms with Crippen molar-refractivity contribution in [3.8, 4) is 17.6 Å². The van der Waals surface area contributed by atoms with Crippen molar-refractivity contribution in [2.45, 2.75) is 33.0 Å². The molecule has 1 aromatic heterocycles. The van der Waals surface area contributed by atoms with E-state index in [1.807, 2.05) is 25.1 Å². The maximum atomic E-state index is 11.3. The predicted octanol–water partition coefficient (Wildman–Crippen LogP) is 2.70. The Morgan fingerprint density at radius 3 is 2.67 bits per heavy atom. The lowest BCUT2D eigenvalue weighted by molar-refractivity contribution is -0.119. The van der Waals surface area contributed by atoms with Crippen molar-refractivity contribution in [1.82, 2.24) is 14.9 Å². The van der Waals surface area contributed by atoms with Gasteiger partial charge >= 0.3 is 0 Å². The molecule has 1 amide bonds. The van der Waals surface area contributed by atoms with Crippen LogP contribution >= 0.6 is 0 Å². The maximum Gasteiger partial charge on any atom is 0.234 e. The number of hydrogen-bond acceptors (Lipinski definition) is 6. The SMILES string of the molecule is CCOCCn1c(CN[C@@H](C)C(N)=O)nc2ccc(Oc3ccc(C#N)cc3)cc21. The van der Waals surface area contributed by atoms with Gasteiger partial charge in [-0.3, -0.25) is 10.1 Å². The lowest BCUT2D eigenvalue weighted by Crippen LogP contribution is -2.38. The quantitative estimate of drug-likeness (QED) is 0.499. The third-order valence-corrected chi connectivity index (χ3v) is 4.67. The molecule has 1 heterocycles. The van der Waals surface area contributed by atoms with Crippen LogP contribution in [0, 0.1) is 11.3 Å². The second kappa shape index (κ2) is 9.87. The zero-order chi connectivity index (χ0) is 21.5. The molecule has 8 heteroatoms. The summed E-state index contributed by atoms with van der Waals surface area (Å²) in [5.41, 5.74) is 7.65. The number of amides is 1. The molecule has 8 nitrogen and oxygen atoms in total. The number of nitrogens with two attached hydrogens (primary N) is 1. The van der Waals surface area contributed by atoms with Crippen molar-refractivity contribution in [1.29, 1.82) is 5.26 Å². The number of aromatic nitrogens is 2. The molecule has 3 N–H and O–H groups in total. The van der Waals surface area contributed by atoms with Crippen LogP contribution in [0.25, 0.3) is 11.0 Å². The Morgan fingerprint density at radius 1 is 1.27 bits per heavy atom. The molecule has 3 rings (SSSR count). The molecule has 0 spiro atoms. The van der Waals surface area contributed by atoms with Crippen molar-refractivity contribution >= 4 is 16.9 Å². The molecule has 0 aliphatic heterocycles. The average Bonchev–Trinajstić information content (AvgIpc) is 3.09. The number of nitriles is 1. The molecule has 30 heavy (non-hydrogen) atoms. The van der Waals surface area contributed by atoms with Gasteiger partial charge in [-0.2, -0.15) is 5.26 Å². The molecule has 2 aromatic carbocycles. The van der Waals surface area contributed by atoms with Crippen molar-refractivity contribution in [2.75, 3.05) is 13.2 Å². The van der Waals surface area contributed by atoms with Crippen molar-refractivity contribution in [3.05, 3.63) is 53.9 Å². The Morgan fingerprint density at radius 2 is 2.00 bits per heavy atom. The second-order valence-electron chi connectivity index (χ2n) is 6.77. The van der Waals surface area contributed by atoms with Gasteiger partial charge in [0.05, 0.1) is 41.9 Å². The highest BCUT2D eigenvalue weighted by molar-refractivity contribution is 5.79. The van der Waals surface area contributed by atoms with E-state index in [2.05, 4.69) is 16.0 Å². The van der Waals surface area contributed by atoms with E-state index < -0.39 is 11.9 Å². The fourth-order valence-electron chi connectivity index (χ4n) is 2.98. The zero-order valence-electron chi connectivity index (χ0n) is 17.1. The number of nitrogens with one attached hydrogen (secondary N) is 1. The maximum absolute atomic E-state index is 11.3. The number of primary amides is 1. The van der Waals surface area contributed by atoms with Gasteiger partial charge in [0, 0.05) is 19.2 Å². The van der Waals surface area contributed by atoms with Crippen LogP contribution in [-0.4, -0.2) is 34.7 Å². The smallest absolute Gasteiger partial charge is 0.234 e. The molecule has 0 saturated heterocycles. The first-order valence-electron chi connectivity index (χ1n) is 9.79. The van der Waals surface area contributed by atoms with Crippen molar-refractivity contribution in [2.24, 2.45) is 5.73 Å². The third-order valence-electron chi connectivity index (χ3n) is 4.67. The second-order valence-corrected chi connectivity index (χ2v) is 6.77. The highest BCUT2D eigenvalue weighted by Crippen LogP contribution is 2.27. The Kier molecular flexibility index (Phi) is 7.01. The van der Waals surface area contributed by atoms with Crippen LogP contribution in [0.1, 0.15) is 25.2 Å². The monoisotopic (exact) mass is 407 g/mol. The number of ether oxygens (including phenoxy) is 2. The molecule has 0 aliphatic rings. The minimum Gasteiger partial charge on any atom is -0.457 e. The Hall–Kier alpha value is -3.41. The molecule has 1 atom stereocenters. The van der Waals surface area contributed by atoms with Crippen LogP contribution in [0.15, 0.2) is 42.5 Å². The van der Waals surface area contributed by atoms with Crippen molar-refractivity contribution in [3.63, 3.8) is 0 Å². The molecule has 0 fully saturated rings. The molecule has 156 valence electrons. The van der Waals surface area contributed by atoms with Gasteiger partial charge in [-0.1, -0.05) is 0 Å². The minimum absolute atomic E-state index is 0.400. The van der Waals surface area contributed by atoms with Gasteiger partial charge in [0.15, 0.2) is 0 Å². The predicted molar refractivity (Wildman–Crippen MR) is 113 cm³/mol. The number of rotatable bonds is 10. The molecule has 0 unspecified atom stereocenters. The van der Waals surface area contributed by atoms with E-state index in [1.165, 1.54) is 0 Å². The Labute approximate surface area is 175 Å². The first-order chi connectivity index (χ1) is 14.5. The number of carbonyl (C=O) groups excluding carboxylic acids is 1. The molecule has 0 bridgehead atoms. The molecule has 0 saturated carbocycles. The van der Waals surface area contributed by atoms with Crippen LogP contribution in [-0.2, 0) is 22.6 Å². The van der Waals surface area contributed by atoms with Crippen LogP contribution in [0.5, 0.6) is 11.5 Å². The Bertz CT molecular complexity index is 1050. The van der Waals surface area contributed by atoms with Crippen molar-refractivity contribution < 1.29 is 14.3 Å². The summed E-state index contributed by atoms with van der Waals surface area (Å²) >= 11 is 0. The lowest BCUT2D eigenvalue weighted by atomic mass is 10.2. The van der Waals surface area contributed by atoms with E-state index >= 15 is 0 Å².